The van der Waals surface area contributed by atoms with E-state index in [0.29, 0.717) is 10.6 Å². The molecule has 1 amide bonds. The Morgan fingerprint density at radius 1 is 1.21 bits per heavy atom. The van der Waals surface area contributed by atoms with Crippen molar-refractivity contribution < 1.29 is 4.79 Å². The Hall–Kier alpha value is -1.32. The molecule has 2 rings (SSSR count). The molecule has 0 aliphatic rings. The van der Waals surface area contributed by atoms with Gasteiger partial charge in [0.05, 0.1) is 10.6 Å². The Balaban J connectivity index is 2.36. The van der Waals surface area contributed by atoms with Gasteiger partial charge in [0.15, 0.2) is 0 Å². The van der Waals surface area contributed by atoms with E-state index >= 15 is 0 Å². The Morgan fingerprint density at radius 2 is 1.95 bits per heavy atom. The molecule has 0 saturated heterocycles. The molecule has 2 aromatic carbocycles. The molecule has 98 valence electrons. The molecule has 0 heterocycles. The summed E-state index contributed by atoms with van der Waals surface area (Å²) < 4.78 is 0.831. The first-order chi connectivity index (χ1) is 8.99. The number of rotatable bonds is 2. The summed E-state index contributed by atoms with van der Waals surface area (Å²) in [6.07, 6.45) is 0. The molecule has 0 saturated carbocycles. The fourth-order valence-corrected chi connectivity index (χ4v) is 2.36. The van der Waals surface area contributed by atoms with E-state index < -0.39 is 0 Å². The fraction of sp³-hybridized carbons (Fsp3) is 0.133. The van der Waals surface area contributed by atoms with E-state index in [2.05, 4.69) is 15.9 Å². The number of carbonyl (C=O) groups is 1. The molecule has 19 heavy (non-hydrogen) atoms. The van der Waals surface area contributed by atoms with Crippen LogP contribution in [0, 0.1) is 6.92 Å². The molecule has 0 aliphatic heterocycles. The van der Waals surface area contributed by atoms with Crippen molar-refractivity contribution in [3.8, 4) is 0 Å². The molecule has 0 spiro atoms. The second-order valence-corrected chi connectivity index (χ2v) is 5.65. The smallest absolute Gasteiger partial charge is 0.259 e. The monoisotopic (exact) mass is 337 g/mol. The van der Waals surface area contributed by atoms with Gasteiger partial charge in [-0.2, -0.15) is 0 Å². The number of benzene rings is 2. The van der Waals surface area contributed by atoms with Crippen LogP contribution in [-0.2, 0) is 0 Å². The predicted molar refractivity (Wildman–Crippen MR) is 83.1 cm³/mol. The molecule has 0 radical (unpaired) electrons. The van der Waals surface area contributed by atoms with Gasteiger partial charge in [0.25, 0.3) is 5.91 Å². The molecule has 0 bridgehead atoms. The summed E-state index contributed by atoms with van der Waals surface area (Å²) in [4.78, 5) is 14.0. The van der Waals surface area contributed by atoms with Gasteiger partial charge < -0.3 is 4.90 Å². The zero-order valence-electron chi connectivity index (χ0n) is 10.7. The minimum Gasteiger partial charge on any atom is -0.311 e. The first-order valence-corrected chi connectivity index (χ1v) is 6.96. The number of amides is 1. The van der Waals surface area contributed by atoms with E-state index in [1.807, 2.05) is 37.3 Å². The van der Waals surface area contributed by atoms with Crippen LogP contribution >= 0.6 is 27.5 Å². The van der Waals surface area contributed by atoms with Gasteiger partial charge in [0, 0.05) is 17.2 Å². The molecule has 2 aromatic rings. The first kappa shape index (κ1) is 14.1. The van der Waals surface area contributed by atoms with Gasteiger partial charge in [-0.1, -0.05) is 39.7 Å². The Labute approximate surface area is 126 Å². The van der Waals surface area contributed by atoms with Crippen molar-refractivity contribution in [2.75, 3.05) is 11.9 Å². The number of aryl methyl sites for hydroxylation is 1. The molecule has 2 nitrogen and oxygen atoms in total. The summed E-state index contributed by atoms with van der Waals surface area (Å²) in [5.41, 5.74) is 2.44. The van der Waals surface area contributed by atoms with Crippen molar-refractivity contribution in [3.63, 3.8) is 0 Å². The Bertz CT molecular complexity index is 627. The highest BCUT2D eigenvalue weighted by Crippen LogP contribution is 2.24. The zero-order valence-corrected chi connectivity index (χ0v) is 13.0. The zero-order chi connectivity index (χ0) is 14.0. The fourth-order valence-electron chi connectivity index (χ4n) is 1.80. The van der Waals surface area contributed by atoms with Crippen LogP contribution in [-0.4, -0.2) is 13.0 Å². The van der Waals surface area contributed by atoms with Gasteiger partial charge in [-0.3, -0.25) is 4.79 Å². The highest BCUT2D eigenvalue weighted by atomic mass is 79.9. The molecular formula is C15H13BrClNO. The number of carbonyl (C=O) groups excluding carboxylic acids is 1. The summed E-state index contributed by atoms with van der Waals surface area (Å²) in [5, 5.41) is 0.452. The summed E-state index contributed by atoms with van der Waals surface area (Å²) >= 11 is 9.44. The lowest BCUT2D eigenvalue weighted by molar-refractivity contribution is 0.0993. The van der Waals surface area contributed by atoms with Crippen LogP contribution in [0.1, 0.15) is 15.9 Å². The van der Waals surface area contributed by atoms with E-state index in [1.165, 1.54) is 0 Å². The van der Waals surface area contributed by atoms with E-state index in [0.717, 1.165) is 15.7 Å². The summed E-state index contributed by atoms with van der Waals surface area (Å²) in [5.74, 6) is -0.128. The van der Waals surface area contributed by atoms with Gasteiger partial charge >= 0.3 is 0 Å². The standard InChI is InChI=1S/C15H13BrClNO/c1-10-4-3-5-12(8-10)18(2)15(19)13-9-11(16)6-7-14(13)17/h3-9H,1-2H3. The average Bonchev–Trinajstić information content (AvgIpc) is 2.40. The maximum atomic E-state index is 12.5. The maximum Gasteiger partial charge on any atom is 0.259 e. The van der Waals surface area contributed by atoms with Crippen molar-refractivity contribution in [1.29, 1.82) is 0 Å². The van der Waals surface area contributed by atoms with E-state index in [4.69, 9.17) is 11.6 Å². The van der Waals surface area contributed by atoms with Crippen molar-refractivity contribution in [1.82, 2.24) is 0 Å². The first-order valence-electron chi connectivity index (χ1n) is 5.79. The van der Waals surface area contributed by atoms with Crippen molar-refractivity contribution in [3.05, 3.63) is 63.1 Å². The highest BCUT2D eigenvalue weighted by Gasteiger charge is 2.16. The van der Waals surface area contributed by atoms with Crippen LogP contribution in [0.25, 0.3) is 0 Å². The van der Waals surface area contributed by atoms with Gasteiger partial charge in [0.1, 0.15) is 0 Å². The molecular weight excluding hydrogens is 326 g/mol. The topological polar surface area (TPSA) is 20.3 Å². The molecule has 0 N–H and O–H groups in total. The van der Waals surface area contributed by atoms with Crippen molar-refractivity contribution >= 4 is 39.1 Å². The number of hydrogen-bond acceptors (Lipinski definition) is 1. The van der Waals surface area contributed by atoms with Crippen LogP contribution in [0.2, 0.25) is 5.02 Å². The van der Waals surface area contributed by atoms with Gasteiger partial charge in [0.2, 0.25) is 0 Å². The lowest BCUT2D eigenvalue weighted by Gasteiger charge is -2.18. The number of nitrogens with zero attached hydrogens (tertiary/aromatic N) is 1. The molecule has 0 aliphatic carbocycles. The van der Waals surface area contributed by atoms with E-state index in [-0.39, 0.29) is 5.91 Å². The summed E-state index contributed by atoms with van der Waals surface area (Å²) in [7, 11) is 1.74. The largest absolute Gasteiger partial charge is 0.311 e. The highest BCUT2D eigenvalue weighted by molar-refractivity contribution is 9.10. The van der Waals surface area contributed by atoms with Crippen LogP contribution in [0.15, 0.2) is 46.9 Å². The summed E-state index contributed by atoms with van der Waals surface area (Å²) in [6.45, 7) is 1.99. The van der Waals surface area contributed by atoms with Gasteiger partial charge in [-0.05, 0) is 42.8 Å². The van der Waals surface area contributed by atoms with Crippen LogP contribution in [0.3, 0.4) is 0 Å². The minimum atomic E-state index is -0.128. The second kappa shape index (κ2) is 5.76. The molecule has 0 unspecified atom stereocenters. The molecule has 4 heteroatoms. The summed E-state index contributed by atoms with van der Waals surface area (Å²) in [6, 6.07) is 13.0. The normalized spacial score (nSPS) is 10.3. The van der Waals surface area contributed by atoms with Gasteiger partial charge in [-0.15, -0.1) is 0 Å². The minimum absolute atomic E-state index is 0.128. The molecule has 0 fully saturated rings. The third-order valence-corrected chi connectivity index (χ3v) is 3.68. The van der Waals surface area contributed by atoms with Gasteiger partial charge in [-0.25, -0.2) is 0 Å². The quantitative estimate of drug-likeness (QED) is 0.778. The van der Waals surface area contributed by atoms with Crippen LogP contribution in [0.4, 0.5) is 5.69 Å². The van der Waals surface area contributed by atoms with Crippen molar-refractivity contribution in [2.24, 2.45) is 0 Å². The molecule has 0 atom stereocenters. The number of anilines is 1. The SMILES string of the molecule is Cc1cccc(N(C)C(=O)c2cc(Br)ccc2Cl)c1. The van der Waals surface area contributed by atoms with E-state index in [1.54, 1.807) is 24.1 Å². The number of hydrogen-bond donors (Lipinski definition) is 0. The predicted octanol–water partition coefficient (Wildman–Crippen LogP) is 4.69. The Kier molecular flexibility index (Phi) is 4.27. The third kappa shape index (κ3) is 3.17. The van der Waals surface area contributed by atoms with Crippen LogP contribution in [0.5, 0.6) is 0 Å². The lowest BCUT2D eigenvalue weighted by Crippen LogP contribution is -2.26. The lowest BCUT2D eigenvalue weighted by atomic mass is 10.1. The number of halogens is 2. The third-order valence-electron chi connectivity index (χ3n) is 2.85. The Morgan fingerprint density at radius 3 is 2.63 bits per heavy atom. The average molecular weight is 339 g/mol. The van der Waals surface area contributed by atoms with Crippen LogP contribution < -0.4 is 4.90 Å². The second-order valence-electron chi connectivity index (χ2n) is 4.33. The van der Waals surface area contributed by atoms with E-state index in [9.17, 15) is 4.79 Å². The van der Waals surface area contributed by atoms with Crippen molar-refractivity contribution in [2.45, 2.75) is 6.92 Å². The molecule has 0 aromatic heterocycles. The maximum absolute atomic E-state index is 12.5.